The standard InChI is InChI=1S/C16H21ClN2O4/c1-11(2)7-8-18-16(22)19-14(20)10-23-15(21)9-12-3-5-13(17)6-4-12/h3-6,11H,7-10H2,1-2H3,(H2,18,19,20,22). The number of carbonyl (C=O) groups is 3. The largest absolute Gasteiger partial charge is 0.455 e. The van der Waals surface area contributed by atoms with Gasteiger partial charge in [-0.3, -0.25) is 14.9 Å². The van der Waals surface area contributed by atoms with Gasteiger partial charge in [0, 0.05) is 11.6 Å². The first kappa shape index (κ1) is 19.0. The topological polar surface area (TPSA) is 84.5 Å². The molecule has 0 bridgehead atoms. The first-order valence-electron chi connectivity index (χ1n) is 7.34. The Bertz CT molecular complexity index is 544. The molecule has 2 N–H and O–H groups in total. The molecular formula is C16H21ClN2O4. The van der Waals surface area contributed by atoms with E-state index in [1.54, 1.807) is 24.3 Å². The lowest BCUT2D eigenvalue weighted by molar-refractivity contribution is -0.147. The van der Waals surface area contributed by atoms with Crippen LogP contribution in [0.5, 0.6) is 0 Å². The van der Waals surface area contributed by atoms with Gasteiger partial charge in [-0.1, -0.05) is 37.6 Å². The molecule has 1 rings (SSSR count). The fraction of sp³-hybridized carbons (Fsp3) is 0.438. The number of rotatable bonds is 7. The molecule has 0 aromatic heterocycles. The molecule has 0 heterocycles. The van der Waals surface area contributed by atoms with E-state index >= 15 is 0 Å². The second-order valence-corrected chi connectivity index (χ2v) is 5.89. The summed E-state index contributed by atoms with van der Waals surface area (Å²) in [7, 11) is 0. The molecular weight excluding hydrogens is 320 g/mol. The Hall–Kier alpha value is -2.08. The zero-order valence-electron chi connectivity index (χ0n) is 13.2. The van der Waals surface area contributed by atoms with Gasteiger partial charge < -0.3 is 10.1 Å². The highest BCUT2D eigenvalue weighted by atomic mass is 35.5. The summed E-state index contributed by atoms with van der Waals surface area (Å²) in [6.45, 7) is 4.05. The molecule has 0 saturated carbocycles. The van der Waals surface area contributed by atoms with Crippen LogP contribution in [0.1, 0.15) is 25.8 Å². The molecule has 6 nitrogen and oxygen atoms in total. The summed E-state index contributed by atoms with van der Waals surface area (Å²) in [5, 5.41) is 5.22. The maximum Gasteiger partial charge on any atom is 0.321 e. The third kappa shape index (κ3) is 8.83. The predicted octanol–water partition coefficient (Wildman–Crippen LogP) is 2.30. The van der Waals surface area contributed by atoms with Crippen LogP contribution in [0.4, 0.5) is 4.79 Å². The van der Waals surface area contributed by atoms with Gasteiger partial charge in [0.25, 0.3) is 5.91 Å². The van der Waals surface area contributed by atoms with Crippen molar-refractivity contribution in [2.24, 2.45) is 5.92 Å². The molecule has 1 aromatic carbocycles. The van der Waals surface area contributed by atoms with Gasteiger partial charge in [-0.05, 0) is 30.0 Å². The summed E-state index contributed by atoms with van der Waals surface area (Å²) in [4.78, 5) is 34.5. The van der Waals surface area contributed by atoms with E-state index in [0.717, 1.165) is 12.0 Å². The molecule has 0 spiro atoms. The molecule has 0 aliphatic carbocycles. The highest BCUT2D eigenvalue weighted by Crippen LogP contribution is 2.10. The Labute approximate surface area is 140 Å². The van der Waals surface area contributed by atoms with Crippen LogP contribution < -0.4 is 10.6 Å². The van der Waals surface area contributed by atoms with Gasteiger partial charge in [-0.2, -0.15) is 0 Å². The average Bonchev–Trinajstić information content (AvgIpc) is 2.47. The van der Waals surface area contributed by atoms with Gasteiger partial charge in [0.2, 0.25) is 0 Å². The Morgan fingerprint density at radius 3 is 2.43 bits per heavy atom. The van der Waals surface area contributed by atoms with Gasteiger partial charge in [0.1, 0.15) is 0 Å². The Morgan fingerprint density at radius 1 is 1.17 bits per heavy atom. The second kappa shape index (κ2) is 9.84. The lowest BCUT2D eigenvalue weighted by Crippen LogP contribution is -2.42. The number of ether oxygens (including phenoxy) is 1. The van der Waals surface area contributed by atoms with Crippen molar-refractivity contribution >= 4 is 29.5 Å². The highest BCUT2D eigenvalue weighted by Gasteiger charge is 2.11. The molecule has 0 aliphatic rings. The molecule has 1 aromatic rings. The molecule has 7 heteroatoms. The van der Waals surface area contributed by atoms with Crippen molar-refractivity contribution in [1.29, 1.82) is 0 Å². The van der Waals surface area contributed by atoms with E-state index in [2.05, 4.69) is 10.6 Å². The SMILES string of the molecule is CC(C)CCNC(=O)NC(=O)COC(=O)Cc1ccc(Cl)cc1. The third-order valence-electron chi connectivity index (χ3n) is 2.89. The number of hydrogen-bond donors (Lipinski definition) is 2. The molecule has 23 heavy (non-hydrogen) atoms. The van der Waals surface area contributed by atoms with E-state index in [9.17, 15) is 14.4 Å². The van der Waals surface area contributed by atoms with Crippen molar-refractivity contribution in [3.63, 3.8) is 0 Å². The Kier molecular flexibility index (Phi) is 8.11. The van der Waals surface area contributed by atoms with Gasteiger partial charge in [0.05, 0.1) is 6.42 Å². The van der Waals surface area contributed by atoms with Crippen LogP contribution in [0.15, 0.2) is 24.3 Å². The Morgan fingerprint density at radius 2 is 1.83 bits per heavy atom. The van der Waals surface area contributed by atoms with Crippen LogP contribution in [0.2, 0.25) is 5.02 Å². The van der Waals surface area contributed by atoms with Crippen LogP contribution in [0.25, 0.3) is 0 Å². The Balaban J connectivity index is 2.23. The smallest absolute Gasteiger partial charge is 0.321 e. The van der Waals surface area contributed by atoms with Crippen LogP contribution in [-0.2, 0) is 20.7 Å². The van der Waals surface area contributed by atoms with Gasteiger partial charge >= 0.3 is 12.0 Å². The van der Waals surface area contributed by atoms with E-state index in [0.29, 0.717) is 17.5 Å². The van der Waals surface area contributed by atoms with Gasteiger partial charge in [0.15, 0.2) is 6.61 Å². The number of nitrogens with one attached hydrogen (secondary N) is 2. The molecule has 126 valence electrons. The second-order valence-electron chi connectivity index (χ2n) is 5.45. The van der Waals surface area contributed by atoms with Crippen LogP contribution in [-0.4, -0.2) is 31.1 Å². The lowest BCUT2D eigenvalue weighted by Gasteiger charge is -2.08. The summed E-state index contributed by atoms with van der Waals surface area (Å²) >= 11 is 5.75. The molecule has 0 fully saturated rings. The van der Waals surface area contributed by atoms with E-state index in [-0.39, 0.29) is 6.42 Å². The van der Waals surface area contributed by atoms with Crippen LogP contribution in [0.3, 0.4) is 0 Å². The molecule has 0 atom stereocenters. The number of esters is 1. The van der Waals surface area contributed by atoms with Crippen molar-refractivity contribution in [3.8, 4) is 0 Å². The van der Waals surface area contributed by atoms with E-state index < -0.39 is 24.5 Å². The van der Waals surface area contributed by atoms with E-state index in [4.69, 9.17) is 16.3 Å². The monoisotopic (exact) mass is 340 g/mol. The number of halogens is 1. The van der Waals surface area contributed by atoms with Crippen molar-refractivity contribution in [2.45, 2.75) is 26.7 Å². The van der Waals surface area contributed by atoms with Crippen molar-refractivity contribution in [1.82, 2.24) is 10.6 Å². The molecule has 0 aliphatic heterocycles. The summed E-state index contributed by atoms with van der Waals surface area (Å²) in [5.74, 6) is -0.765. The number of urea groups is 1. The summed E-state index contributed by atoms with van der Waals surface area (Å²) in [6.07, 6.45) is 0.850. The maximum atomic E-state index is 11.6. The van der Waals surface area contributed by atoms with E-state index in [1.165, 1.54) is 0 Å². The molecule has 0 saturated heterocycles. The van der Waals surface area contributed by atoms with Crippen LogP contribution in [0, 0.1) is 5.92 Å². The fourth-order valence-corrected chi connectivity index (χ4v) is 1.77. The number of imide groups is 1. The maximum absolute atomic E-state index is 11.6. The van der Waals surface area contributed by atoms with Crippen LogP contribution >= 0.6 is 11.6 Å². The average molecular weight is 341 g/mol. The zero-order chi connectivity index (χ0) is 17.2. The highest BCUT2D eigenvalue weighted by molar-refractivity contribution is 6.30. The number of hydrogen-bond acceptors (Lipinski definition) is 4. The predicted molar refractivity (Wildman–Crippen MR) is 87.1 cm³/mol. The zero-order valence-corrected chi connectivity index (χ0v) is 14.0. The molecule has 0 radical (unpaired) electrons. The number of amides is 3. The third-order valence-corrected chi connectivity index (χ3v) is 3.14. The molecule has 0 unspecified atom stereocenters. The summed E-state index contributed by atoms with van der Waals surface area (Å²) in [6, 6.07) is 6.14. The minimum absolute atomic E-state index is 0.0328. The quantitative estimate of drug-likeness (QED) is 0.746. The first-order chi connectivity index (χ1) is 10.9. The fourth-order valence-electron chi connectivity index (χ4n) is 1.65. The summed E-state index contributed by atoms with van der Waals surface area (Å²) < 4.78 is 4.82. The minimum atomic E-state index is -0.670. The lowest BCUT2D eigenvalue weighted by atomic mass is 10.1. The first-order valence-corrected chi connectivity index (χ1v) is 7.72. The normalized spacial score (nSPS) is 10.3. The number of carbonyl (C=O) groups excluding carboxylic acids is 3. The van der Waals surface area contributed by atoms with Gasteiger partial charge in [-0.15, -0.1) is 0 Å². The minimum Gasteiger partial charge on any atom is -0.455 e. The van der Waals surface area contributed by atoms with Crippen molar-refractivity contribution in [2.75, 3.05) is 13.2 Å². The van der Waals surface area contributed by atoms with Crippen molar-refractivity contribution < 1.29 is 19.1 Å². The molecule has 3 amide bonds. The number of benzene rings is 1. The summed E-state index contributed by atoms with van der Waals surface area (Å²) in [5.41, 5.74) is 0.728. The van der Waals surface area contributed by atoms with E-state index in [1.807, 2.05) is 13.8 Å². The van der Waals surface area contributed by atoms with Gasteiger partial charge in [-0.25, -0.2) is 4.79 Å². The van der Waals surface area contributed by atoms with Crippen molar-refractivity contribution in [3.05, 3.63) is 34.9 Å².